The lowest BCUT2D eigenvalue weighted by molar-refractivity contribution is -0.145. The first-order valence-corrected chi connectivity index (χ1v) is 7.40. The maximum atomic E-state index is 12.0. The molecule has 19 heavy (non-hydrogen) atoms. The van der Waals surface area contributed by atoms with Gasteiger partial charge in [0.05, 0.1) is 13.0 Å². The van der Waals surface area contributed by atoms with Crippen LogP contribution in [0.4, 0.5) is 0 Å². The number of ether oxygens (including phenoxy) is 1. The van der Waals surface area contributed by atoms with Gasteiger partial charge < -0.3 is 4.74 Å². The molecule has 1 fully saturated rings. The van der Waals surface area contributed by atoms with Crippen LogP contribution in [-0.4, -0.2) is 12.6 Å². The zero-order valence-corrected chi connectivity index (χ0v) is 12.1. The summed E-state index contributed by atoms with van der Waals surface area (Å²) in [5.74, 6) is -0.0485. The van der Waals surface area contributed by atoms with Gasteiger partial charge in [-0.25, -0.2) is 0 Å². The SMILES string of the molecule is CCOC(=O)CC1(c2ccccc2C)CCCCC1. The van der Waals surface area contributed by atoms with Crippen LogP contribution in [-0.2, 0) is 14.9 Å². The largest absolute Gasteiger partial charge is 0.466 e. The van der Waals surface area contributed by atoms with Crippen molar-refractivity contribution in [1.82, 2.24) is 0 Å². The molecular weight excluding hydrogens is 236 g/mol. The standard InChI is InChI=1S/C17H24O2/c1-3-19-16(18)13-17(11-7-4-8-12-17)15-10-6-5-9-14(15)2/h5-6,9-10H,3-4,7-8,11-13H2,1-2H3. The van der Waals surface area contributed by atoms with Gasteiger partial charge in [0.15, 0.2) is 0 Å². The van der Waals surface area contributed by atoms with Gasteiger partial charge in [0.1, 0.15) is 0 Å². The summed E-state index contributed by atoms with van der Waals surface area (Å²) in [4.78, 5) is 12.0. The summed E-state index contributed by atoms with van der Waals surface area (Å²) in [7, 11) is 0. The predicted molar refractivity (Wildman–Crippen MR) is 77.2 cm³/mol. The van der Waals surface area contributed by atoms with Crippen LogP contribution in [0.15, 0.2) is 24.3 Å². The van der Waals surface area contributed by atoms with Gasteiger partial charge in [0, 0.05) is 5.41 Å². The Labute approximate surface area is 116 Å². The lowest BCUT2D eigenvalue weighted by atomic mass is 9.66. The van der Waals surface area contributed by atoms with Crippen LogP contribution in [0.2, 0.25) is 0 Å². The van der Waals surface area contributed by atoms with Crippen LogP contribution in [0.5, 0.6) is 0 Å². The lowest BCUT2D eigenvalue weighted by Gasteiger charge is -2.38. The third-order valence-electron chi connectivity index (χ3n) is 4.32. The summed E-state index contributed by atoms with van der Waals surface area (Å²) in [6.07, 6.45) is 6.47. The highest BCUT2D eigenvalue weighted by Crippen LogP contribution is 2.43. The number of carbonyl (C=O) groups excluding carboxylic acids is 1. The van der Waals surface area contributed by atoms with Crippen molar-refractivity contribution in [3.05, 3.63) is 35.4 Å². The van der Waals surface area contributed by atoms with E-state index < -0.39 is 0 Å². The number of benzene rings is 1. The normalized spacial score (nSPS) is 18.0. The van der Waals surface area contributed by atoms with Crippen molar-refractivity contribution in [3.63, 3.8) is 0 Å². The number of esters is 1. The van der Waals surface area contributed by atoms with Crippen molar-refractivity contribution in [2.75, 3.05) is 6.61 Å². The highest BCUT2D eigenvalue weighted by molar-refractivity contribution is 5.71. The molecule has 0 aliphatic heterocycles. The molecule has 0 atom stereocenters. The van der Waals surface area contributed by atoms with Gasteiger partial charge >= 0.3 is 5.97 Å². The van der Waals surface area contributed by atoms with Crippen molar-refractivity contribution in [1.29, 1.82) is 0 Å². The van der Waals surface area contributed by atoms with Gasteiger partial charge in [-0.05, 0) is 37.8 Å². The van der Waals surface area contributed by atoms with Crippen molar-refractivity contribution in [2.24, 2.45) is 0 Å². The minimum absolute atomic E-state index is 0.00977. The number of hydrogen-bond acceptors (Lipinski definition) is 2. The molecule has 0 amide bonds. The Morgan fingerprint density at radius 2 is 1.89 bits per heavy atom. The maximum Gasteiger partial charge on any atom is 0.306 e. The minimum Gasteiger partial charge on any atom is -0.466 e. The molecule has 0 unspecified atom stereocenters. The zero-order valence-electron chi connectivity index (χ0n) is 12.1. The average molecular weight is 260 g/mol. The fraction of sp³-hybridized carbons (Fsp3) is 0.588. The van der Waals surface area contributed by atoms with Crippen LogP contribution in [0.1, 0.15) is 56.6 Å². The molecule has 1 saturated carbocycles. The first kappa shape index (κ1) is 14.1. The first-order valence-electron chi connectivity index (χ1n) is 7.40. The fourth-order valence-electron chi connectivity index (χ4n) is 3.43. The molecule has 104 valence electrons. The van der Waals surface area contributed by atoms with Crippen molar-refractivity contribution in [3.8, 4) is 0 Å². The van der Waals surface area contributed by atoms with Crippen LogP contribution >= 0.6 is 0 Å². The van der Waals surface area contributed by atoms with Crippen molar-refractivity contribution in [2.45, 2.75) is 57.8 Å². The predicted octanol–water partition coefficient (Wildman–Crippen LogP) is 4.15. The Bertz CT molecular complexity index is 431. The number of aryl methyl sites for hydroxylation is 1. The van der Waals surface area contributed by atoms with Gasteiger partial charge in [-0.2, -0.15) is 0 Å². The van der Waals surface area contributed by atoms with Crippen molar-refractivity contribution < 1.29 is 9.53 Å². The molecule has 0 heterocycles. The second kappa shape index (κ2) is 6.23. The molecular formula is C17H24O2. The Morgan fingerprint density at radius 3 is 2.53 bits per heavy atom. The summed E-state index contributed by atoms with van der Waals surface area (Å²) in [6.45, 7) is 4.50. The van der Waals surface area contributed by atoms with E-state index >= 15 is 0 Å². The third-order valence-corrected chi connectivity index (χ3v) is 4.32. The molecule has 1 aliphatic carbocycles. The fourth-order valence-corrected chi connectivity index (χ4v) is 3.43. The Morgan fingerprint density at radius 1 is 1.21 bits per heavy atom. The molecule has 1 aliphatic rings. The smallest absolute Gasteiger partial charge is 0.306 e. The van der Waals surface area contributed by atoms with Crippen LogP contribution < -0.4 is 0 Å². The second-order valence-corrected chi connectivity index (χ2v) is 5.64. The number of carbonyl (C=O) groups is 1. The molecule has 0 saturated heterocycles. The van der Waals surface area contributed by atoms with E-state index in [2.05, 4.69) is 31.2 Å². The van der Waals surface area contributed by atoms with Gasteiger partial charge in [-0.1, -0.05) is 43.5 Å². The summed E-state index contributed by atoms with van der Waals surface area (Å²) in [5, 5.41) is 0. The highest BCUT2D eigenvalue weighted by Gasteiger charge is 2.37. The zero-order chi connectivity index (χ0) is 13.7. The number of rotatable bonds is 4. The molecule has 0 aromatic heterocycles. The Hall–Kier alpha value is -1.31. The molecule has 2 rings (SSSR count). The Kier molecular flexibility index (Phi) is 4.62. The van der Waals surface area contributed by atoms with Crippen LogP contribution in [0, 0.1) is 6.92 Å². The van der Waals surface area contributed by atoms with E-state index in [0.717, 1.165) is 12.8 Å². The van der Waals surface area contributed by atoms with E-state index in [1.807, 2.05) is 6.92 Å². The lowest BCUT2D eigenvalue weighted by Crippen LogP contribution is -2.33. The molecule has 1 aromatic carbocycles. The van der Waals surface area contributed by atoms with Gasteiger partial charge in [0.2, 0.25) is 0 Å². The number of hydrogen-bond donors (Lipinski definition) is 0. The van der Waals surface area contributed by atoms with Crippen LogP contribution in [0.25, 0.3) is 0 Å². The highest BCUT2D eigenvalue weighted by atomic mass is 16.5. The maximum absolute atomic E-state index is 12.0. The molecule has 0 N–H and O–H groups in total. The molecule has 0 spiro atoms. The van der Waals surface area contributed by atoms with E-state index in [1.54, 1.807) is 0 Å². The quantitative estimate of drug-likeness (QED) is 0.760. The molecule has 2 heteroatoms. The summed E-state index contributed by atoms with van der Waals surface area (Å²) < 4.78 is 5.19. The van der Waals surface area contributed by atoms with Crippen LogP contribution in [0.3, 0.4) is 0 Å². The van der Waals surface area contributed by atoms with E-state index in [9.17, 15) is 4.79 Å². The molecule has 1 aromatic rings. The summed E-state index contributed by atoms with van der Waals surface area (Å²) in [5.41, 5.74) is 2.66. The summed E-state index contributed by atoms with van der Waals surface area (Å²) in [6, 6.07) is 8.50. The topological polar surface area (TPSA) is 26.3 Å². The van der Waals surface area contributed by atoms with E-state index in [1.165, 1.54) is 30.4 Å². The summed E-state index contributed by atoms with van der Waals surface area (Å²) >= 11 is 0. The second-order valence-electron chi connectivity index (χ2n) is 5.64. The van der Waals surface area contributed by atoms with Gasteiger partial charge in [-0.15, -0.1) is 0 Å². The molecule has 0 radical (unpaired) electrons. The Balaban J connectivity index is 2.29. The molecule has 2 nitrogen and oxygen atoms in total. The van der Waals surface area contributed by atoms with E-state index in [4.69, 9.17) is 4.74 Å². The van der Waals surface area contributed by atoms with Gasteiger partial charge in [-0.3, -0.25) is 4.79 Å². The van der Waals surface area contributed by atoms with Crippen molar-refractivity contribution >= 4 is 5.97 Å². The first-order chi connectivity index (χ1) is 9.18. The van der Waals surface area contributed by atoms with E-state index in [0.29, 0.717) is 13.0 Å². The average Bonchev–Trinajstić information content (AvgIpc) is 2.40. The third kappa shape index (κ3) is 3.17. The minimum atomic E-state index is -0.0485. The molecule has 0 bridgehead atoms. The van der Waals surface area contributed by atoms with E-state index in [-0.39, 0.29) is 11.4 Å². The monoisotopic (exact) mass is 260 g/mol. The van der Waals surface area contributed by atoms with Gasteiger partial charge in [0.25, 0.3) is 0 Å².